The molecule has 0 saturated carbocycles. The topological polar surface area (TPSA) is 49.8 Å². The first-order chi connectivity index (χ1) is 8.24. The number of nitrogens with zero attached hydrogens (tertiary/aromatic N) is 1. The van der Waals surface area contributed by atoms with Crippen molar-refractivity contribution >= 4 is 5.97 Å². The maximum Gasteiger partial charge on any atom is 0.303 e. The Balaban J connectivity index is 1.65. The van der Waals surface area contributed by atoms with Gasteiger partial charge in [0.05, 0.1) is 6.61 Å². The van der Waals surface area contributed by atoms with Crippen LogP contribution >= 0.6 is 0 Å². The zero-order chi connectivity index (χ0) is 11.8. The Morgan fingerprint density at radius 1 is 1.18 bits per heavy atom. The summed E-state index contributed by atoms with van der Waals surface area (Å²) < 4.78 is 5.49. The van der Waals surface area contributed by atoms with Gasteiger partial charge in [-0.1, -0.05) is 0 Å². The molecule has 4 heteroatoms. The van der Waals surface area contributed by atoms with E-state index in [1.807, 2.05) is 0 Å². The van der Waals surface area contributed by atoms with Gasteiger partial charge in [-0.25, -0.2) is 0 Å². The number of carbonyl (C=O) groups is 1. The number of piperidine rings is 1. The third-order valence-electron chi connectivity index (χ3n) is 4.68. The predicted octanol–water partition coefficient (Wildman–Crippen LogP) is 1.49. The normalized spacial score (nSPS) is 41.9. The summed E-state index contributed by atoms with van der Waals surface area (Å²) in [6, 6.07) is 1.87. The smallest absolute Gasteiger partial charge is 0.303 e. The zero-order valence-corrected chi connectivity index (χ0v) is 10.2. The van der Waals surface area contributed by atoms with Crippen molar-refractivity contribution in [2.45, 2.75) is 56.7 Å². The van der Waals surface area contributed by atoms with E-state index in [2.05, 4.69) is 4.90 Å². The first-order valence-corrected chi connectivity index (χ1v) is 6.81. The number of hydrogen-bond acceptors (Lipinski definition) is 3. The second-order valence-electron chi connectivity index (χ2n) is 5.78. The number of hydrogen-bond donors (Lipinski definition) is 1. The third kappa shape index (κ3) is 2.20. The van der Waals surface area contributed by atoms with Crippen molar-refractivity contribution in [3.63, 3.8) is 0 Å². The van der Waals surface area contributed by atoms with E-state index in [1.54, 1.807) is 0 Å². The minimum Gasteiger partial charge on any atom is -0.481 e. The lowest BCUT2D eigenvalue weighted by molar-refractivity contribution is -0.138. The lowest BCUT2D eigenvalue weighted by Gasteiger charge is -2.41. The molecule has 3 atom stereocenters. The lowest BCUT2D eigenvalue weighted by Crippen LogP contribution is -2.49. The Hall–Kier alpha value is -0.610. The summed E-state index contributed by atoms with van der Waals surface area (Å²) in [7, 11) is 0. The SMILES string of the molecule is O=C(O)CC1CC2CCC(C1)N2C1CCOC1. The van der Waals surface area contributed by atoms with Crippen LogP contribution in [-0.4, -0.2) is 47.3 Å². The van der Waals surface area contributed by atoms with Crippen molar-refractivity contribution in [2.24, 2.45) is 5.92 Å². The van der Waals surface area contributed by atoms with Gasteiger partial charge >= 0.3 is 5.97 Å². The van der Waals surface area contributed by atoms with Gasteiger partial charge in [0.25, 0.3) is 0 Å². The van der Waals surface area contributed by atoms with E-state index in [-0.39, 0.29) is 0 Å². The fourth-order valence-corrected chi connectivity index (χ4v) is 4.09. The molecule has 3 aliphatic heterocycles. The average Bonchev–Trinajstić information content (AvgIpc) is 2.84. The molecule has 3 unspecified atom stereocenters. The van der Waals surface area contributed by atoms with Crippen LogP contribution in [0.5, 0.6) is 0 Å². The van der Waals surface area contributed by atoms with Gasteiger partial charge in [0.2, 0.25) is 0 Å². The van der Waals surface area contributed by atoms with Crippen LogP contribution in [0.4, 0.5) is 0 Å². The van der Waals surface area contributed by atoms with Crippen LogP contribution in [0.1, 0.15) is 38.5 Å². The number of ether oxygens (including phenoxy) is 1. The van der Waals surface area contributed by atoms with Gasteiger partial charge in [-0.05, 0) is 38.0 Å². The number of fused-ring (bicyclic) bond motifs is 2. The molecule has 3 aliphatic rings. The zero-order valence-electron chi connectivity index (χ0n) is 10.2. The summed E-state index contributed by atoms with van der Waals surface area (Å²) in [4.78, 5) is 13.5. The minimum absolute atomic E-state index is 0.363. The van der Waals surface area contributed by atoms with Crippen LogP contribution in [0.15, 0.2) is 0 Å². The number of carboxylic acid groups (broad SMARTS) is 1. The number of rotatable bonds is 3. The van der Waals surface area contributed by atoms with Crippen molar-refractivity contribution in [3.8, 4) is 0 Å². The molecule has 4 nitrogen and oxygen atoms in total. The summed E-state index contributed by atoms with van der Waals surface area (Å²) in [5.41, 5.74) is 0. The molecule has 0 spiro atoms. The summed E-state index contributed by atoms with van der Waals surface area (Å²) in [5.74, 6) is -0.226. The summed E-state index contributed by atoms with van der Waals surface area (Å²) in [6.07, 6.45) is 6.21. The van der Waals surface area contributed by atoms with Crippen molar-refractivity contribution in [1.82, 2.24) is 4.90 Å². The van der Waals surface area contributed by atoms with Crippen LogP contribution in [0.3, 0.4) is 0 Å². The van der Waals surface area contributed by atoms with Gasteiger partial charge in [0.1, 0.15) is 0 Å². The van der Waals surface area contributed by atoms with E-state index in [4.69, 9.17) is 9.84 Å². The quantitative estimate of drug-likeness (QED) is 0.810. The summed E-state index contributed by atoms with van der Waals surface area (Å²) >= 11 is 0. The number of carboxylic acids is 1. The molecule has 0 aromatic carbocycles. The fourth-order valence-electron chi connectivity index (χ4n) is 4.09. The van der Waals surface area contributed by atoms with Gasteiger partial charge in [-0.15, -0.1) is 0 Å². The molecule has 3 fully saturated rings. The second-order valence-corrected chi connectivity index (χ2v) is 5.78. The Morgan fingerprint density at radius 3 is 2.41 bits per heavy atom. The van der Waals surface area contributed by atoms with E-state index in [0.29, 0.717) is 30.5 Å². The fraction of sp³-hybridized carbons (Fsp3) is 0.923. The van der Waals surface area contributed by atoms with Crippen molar-refractivity contribution in [2.75, 3.05) is 13.2 Å². The Morgan fingerprint density at radius 2 is 1.88 bits per heavy atom. The largest absolute Gasteiger partial charge is 0.481 e. The van der Waals surface area contributed by atoms with Crippen LogP contribution in [0.2, 0.25) is 0 Å². The molecule has 3 heterocycles. The van der Waals surface area contributed by atoms with Crippen molar-refractivity contribution in [3.05, 3.63) is 0 Å². The van der Waals surface area contributed by atoms with Gasteiger partial charge in [-0.2, -0.15) is 0 Å². The summed E-state index contributed by atoms with van der Waals surface area (Å²) in [6.45, 7) is 1.79. The molecule has 0 radical (unpaired) electrons. The first kappa shape index (κ1) is 11.5. The van der Waals surface area contributed by atoms with E-state index < -0.39 is 5.97 Å². The molecule has 0 amide bonds. The van der Waals surface area contributed by atoms with E-state index in [0.717, 1.165) is 32.5 Å². The van der Waals surface area contributed by atoms with E-state index >= 15 is 0 Å². The van der Waals surface area contributed by atoms with Gasteiger partial charge in [-0.3, -0.25) is 9.69 Å². The molecule has 3 saturated heterocycles. The molecule has 96 valence electrons. The molecule has 0 aromatic rings. The highest BCUT2D eigenvalue weighted by Gasteiger charge is 2.44. The summed E-state index contributed by atoms with van der Waals surface area (Å²) in [5, 5.41) is 8.90. The first-order valence-electron chi connectivity index (χ1n) is 6.81. The Labute approximate surface area is 102 Å². The lowest BCUT2D eigenvalue weighted by atomic mass is 9.87. The third-order valence-corrected chi connectivity index (χ3v) is 4.68. The second kappa shape index (κ2) is 4.58. The Kier molecular flexibility index (Phi) is 3.09. The standard InChI is InChI=1S/C13H21NO3/c15-13(16)7-9-5-10-1-2-11(6-9)14(10)12-3-4-17-8-12/h9-12H,1-8H2,(H,15,16). The highest BCUT2D eigenvalue weighted by molar-refractivity contribution is 5.67. The van der Waals surface area contributed by atoms with E-state index in [9.17, 15) is 4.79 Å². The van der Waals surface area contributed by atoms with Crippen LogP contribution in [0.25, 0.3) is 0 Å². The molecule has 1 N–H and O–H groups in total. The van der Waals surface area contributed by atoms with Crippen LogP contribution in [0, 0.1) is 5.92 Å². The highest BCUT2D eigenvalue weighted by atomic mass is 16.5. The monoisotopic (exact) mass is 239 g/mol. The predicted molar refractivity (Wildman–Crippen MR) is 62.8 cm³/mol. The van der Waals surface area contributed by atoms with Crippen LogP contribution < -0.4 is 0 Å². The van der Waals surface area contributed by atoms with Crippen molar-refractivity contribution < 1.29 is 14.6 Å². The minimum atomic E-state index is -0.632. The number of aliphatic carboxylic acids is 1. The average molecular weight is 239 g/mol. The molecule has 17 heavy (non-hydrogen) atoms. The molecule has 0 aliphatic carbocycles. The molecule has 3 rings (SSSR count). The Bertz CT molecular complexity index is 287. The van der Waals surface area contributed by atoms with Crippen LogP contribution in [-0.2, 0) is 9.53 Å². The molecular formula is C13H21NO3. The van der Waals surface area contributed by atoms with Gasteiger partial charge < -0.3 is 9.84 Å². The van der Waals surface area contributed by atoms with Gasteiger partial charge in [0, 0.05) is 31.2 Å². The molecular weight excluding hydrogens is 218 g/mol. The maximum absolute atomic E-state index is 10.8. The van der Waals surface area contributed by atoms with E-state index in [1.165, 1.54) is 12.8 Å². The molecule has 0 aromatic heterocycles. The highest BCUT2D eigenvalue weighted by Crippen LogP contribution is 2.42. The van der Waals surface area contributed by atoms with Crippen molar-refractivity contribution in [1.29, 1.82) is 0 Å². The maximum atomic E-state index is 10.8. The van der Waals surface area contributed by atoms with Gasteiger partial charge in [0.15, 0.2) is 0 Å². The molecule has 2 bridgehead atoms.